The van der Waals surface area contributed by atoms with E-state index in [1.807, 2.05) is 6.08 Å². The maximum absolute atomic E-state index is 5.43. The van der Waals surface area contributed by atoms with Gasteiger partial charge >= 0.3 is 0 Å². The van der Waals surface area contributed by atoms with Crippen LogP contribution in [0.15, 0.2) is 6.08 Å². The van der Waals surface area contributed by atoms with E-state index in [4.69, 9.17) is 6.58 Å². The summed E-state index contributed by atoms with van der Waals surface area (Å²) in [5.74, 6) is 0.607. The Morgan fingerprint density at radius 3 is 2.08 bits per heavy atom. The van der Waals surface area contributed by atoms with Crippen molar-refractivity contribution in [1.29, 1.82) is 0 Å². The summed E-state index contributed by atoms with van der Waals surface area (Å²) in [6, 6.07) is 0. The van der Waals surface area contributed by atoms with Crippen molar-refractivity contribution in [3.63, 3.8) is 0 Å². The second-order valence-electron chi connectivity index (χ2n) is 4.08. The molecule has 0 aliphatic rings. The van der Waals surface area contributed by atoms with Gasteiger partial charge in [-0.25, -0.2) is 0 Å². The molecule has 1 atom stereocenters. The molecule has 0 amide bonds. The monoisotopic (exact) mass is 181 g/mol. The molecule has 0 saturated carbocycles. The Morgan fingerprint density at radius 2 is 1.54 bits per heavy atom. The molecule has 0 N–H and O–H groups in total. The van der Waals surface area contributed by atoms with Gasteiger partial charge in [0.2, 0.25) is 0 Å². The van der Waals surface area contributed by atoms with Crippen molar-refractivity contribution in [1.82, 2.24) is 0 Å². The van der Waals surface area contributed by atoms with E-state index in [-0.39, 0.29) is 0 Å². The highest BCUT2D eigenvalue weighted by Crippen LogP contribution is 2.12. The predicted molar refractivity (Wildman–Crippen MR) is 60.6 cm³/mol. The lowest BCUT2D eigenvalue weighted by Crippen LogP contribution is -1.88. The van der Waals surface area contributed by atoms with Crippen LogP contribution in [0.4, 0.5) is 0 Å². The Kier molecular flexibility index (Phi) is 9.63. The van der Waals surface area contributed by atoms with Crippen LogP contribution in [0, 0.1) is 12.5 Å². The first kappa shape index (κ1) is 12.7. The zero-order valence-corrected chi connectivity index (χ0v) is 9.39. The van der Waals surface area contributed by atoms with E-state index in [9.17, 15) is 0 Å². The van der Waals surface area contributed by atoms with Gasteiger partial charge in [-0.3, -0.25) is 0 Å². The maximum Gasteiger partial charge on any atom is -0.0259 e. The molecular formula is C13H25. The molecule has 1 radical (unpaired) electrons. The summed E-state index contributed by atoms with van der Waals surface area (Å²) in [6.07, 6.45) is 12.8. The molecule has 0 aromatic carbocycles. The molecule has 0 heterocycles. The Bertz CT molecular complexity index is 105. The number of unbranched alkanes of at least 4 members (excludes halogenated alkanes) is 6. The Morgan fingerprint density at radius 1 is 1.00 bits per heavy atom. The van der Waals surface area contributed by atoms with Gasteiger partial charge in [0.1, 0.15) is 0 Å². The topological polar surface area (TPSA) is 0 Å². The standard InChI is InChI=1S/C13H25/c1-4-6-7-8-9-10-11-12-13(3)5-2/h2,5,13H,4,6-12H2,1,3H3. The van der Waals surface area contributed by atoms with Gasteiger partial charge in [0, 0.05) is 0 Å². The lowest BCUT2D eigenvalue weighted by Gasteiger charge is -2.04. The van der Waals surface area contributed by atoms with Gasteiger partial charge in [0.25, 0.3) is 0 Å². The average Bonchev–Trinajstić information content (AvgIpc) is 2.16. The third-order valence-electron chi connectivity index (χ3n) is 2.59. The SMILES string of the molecule is [CH]=CC(C)CCCCCCCCC. The van der Waals surface area contributed by atoms with E-state index in [0.29, 0.717) is 5.92 Å². The van der Waals surface area contributed by atoms with Crippen LogP contribution < -0.4 is 0 Å². The van der Waals surface area contributed by atoms with Gasteiger partial charge in [0.05, 0.1) is 0 Å². The lowest BCUT2D eigenvalue weighted by molar-refractivity contribution is 0.537. The zero-order valence-electron chi connectivity index (χ0n) is 9.39. The summed E-state index contributed by atoms with van der Waals surface area (Å²) < 4.78 is 0. The Labute approximate surface area is 84.4 Å². The van der Waals surface area contributed by atoms with E-state index in [1.165, 1.54) is 51.4 Å². The summed E-state index contributed by atoms with van der Waals surface area (Å²) in [7, 11) is 0. The second kappa shape index (κ2) is 9.83. The van der Waals surface area contributed by atoms with Gasteiger partial charge < -0.3 is 0 Å². The highest BCUT2D eigenvalue weighted by atomic mass is 14.0. The molecule has 0 aromatic heterocycles. The van der Waals surface area contributed by atoms with Gasteiger partial charge in [0.15, 0.2) is 0 Å². The molecule has 0 bridgehead atoms. The number of hydrogen-bond donors (Lipinski definition) is 0. The van der Waals surface area contributed by atoms with Crippen LogP contribution >= 0.6 is 0 Å². The minimum atomic E-state index is 0.607. The maximum atomic E-state index is 5.43. The third-order valence-corrected chi connectivity index (χ3v) is 2.59. The van der Waals surface area contributed by atoms with E-state index in [0.717, 1.165) is 0 Å². The van der Waals surface area contributed by atoms with Crippen LogP contribution in [-0.4, -0.2) is 0 Å². The fourth-order valence-corrected chi connectivity index (χ4v) is 1.52. The molecule has 77 valence electrons. The summed E-state index contributed by atoms with van der Waals surface area (Å²) in [5, 5.41) is 0. The number of rotatable bonds is 9. The minimum absolute atomic E-state index is 0.607. The predicted octanol–water partition coefficient (Wildman–Crippen LogP) is 4.75. The molecule has 0 saturated heterocycles. The highest BCUT2D eigenvalue weighted by molar-refractivity contribution is 4.71. The minimum Gasteiger partial charge on any atom is -0.0817 e. The van der Waals surface area contributed by atoms with Crippen LogP contribution in [0.2, 0.25) is 0 Å². The van der Waals surface area contributed by atoms with Gasteiger partial charge in [-0.1, -0.05) is 71.4 Å². The third kappa shape index (κ3) is 9.66. The molecule has 13 heavy (non-hydrogen) atoms. The van der Waals surface area contributed by atoms with Crippen LogP contribution in [-0.2, 0) is 0 Å². The van der Waals surface area contributed by atoms with Gasteiger partial charge in [-0.05, 0) is 12.3 Å². The van der Waals surface area contributed by atoms with E-state index < -0.39 is 0 Å². The molecule has 0 rings (SSSR count). The van der Waals surface area contributed by atoms with E-state index in [1.54, 1.807) is 0 Å². The smallest absolute Gasteiger partial charge is 0.0259 e. The number of hydrogen-bond acceptors (Lipinski definition) is 0. The first-order valence-electron chi connectivity index (χ1n) is 5.86. The van der Waals surface area contributed by atoms with Crippen molar-refractivity contribution >= 4 is 0 Å². The van der Waals surface area contributed by atoms with Crippen LogP contribution in [0.25, 0.3) is 0 Å². The van der Waals surface area contributed by atoms with Crippen molar-refractivity contribution in [2.24, 2.45) is 5.92 Å². The van der Waals surface area contributed by atoms with Crippen molar-refractivity contribution < 1.29 is 0 Å². The summed E-state index contributed by atoms with van der Waals surface area (Å²) in [6.45, 7) is 9.88. The molecule has 0 aliphatic carbocycles. The Hall–Kier alpha value is -0.260. The van der Waals surface area contributed by atoms with Crippen molar-refractivity contribution in [2.45, 2.75) is 65.2 Å². The normalized spacial score (nSPS) is 12.8. The Balaban J connectivity index is 2.95. The van der Waals surface area contributed by atoms with Gasteiger partial charge in [-0.15, -0.1) is 0 Å². The largest absolute Gasteiger partial charge is 0.0817 e. The molecule has 1 unspecified atom stereocenters. The molecule has 0 aromatic rings. The lowest BCUT2D eigenvalue weighted by atomic mass is 10.0. The van der Waals surface area contributed by atoms with Crippen molar-refractivity contribution in [2.75, 3.05) is 0 Å². The second-order valence-corrected chi connectivity index (χ2v) is 4.08. The quantitative estimate of drug-likeness (QED) is 0.450. The molecule has 0 spiro atoms. The summed E-state index contributed by atoms with van der Waals surface area (Å²) in [5.41, 5.74) is 0. The highest BCUT2D eigenvalue weighted by Gasteiger charge is 1.95. The first-order valence-corrected chi connectivity index (χ1v) is 5.86. The van der Waals surface area contributed by atoms with Crippen molar-refractivity contribution in [3.8, 4) is 0 Å². The molecule has 0 heteroatoms. The summed E-state index contributed by atoms with van der Waals surface area (Å²) in [4.78, 5) is 0. The summed E-state index contributed by atoms with van der Waals surface area (Å²) >= 11 is 0. The molecule has 0 fully saturated rings. The molecular weight excluding hydrogens is 156 g/mol. The van der Waals surface area contributed by atoms with E-state index >= 15 is 0 Å². The molecule has 0 aliphatic heterocycles. The average molecular weight is 181 g/mol. The van der Waals surface area contributed by atoms with Gasteiger partial charge in [-0.2, -0.15) is 0 Å². The fraction of sp³-hybridized carbons (Fsp3) is 0.846. The molecule has 0 nitrogen and oxygen atoms in total. The van der Waals surface area contributed by atoms with Crippen LogP contribution in [0.3, 0.4) is 0 Å². The van der Waals surface area contributed by atoms with E-state index in [2.05, 4.69) is 13.8 Å². The van der Waals surface area contributed by atoms with Crippen LogP contribution in [0.5, 0.6) is 0 Å². The number of allylic oxidation sites excluding steroid dienone is 1. The first-order chi connectivity index (χ1) is 6.31. The van der Waals surface area contributed by atoms with Crippen LogP contribution in [0.1, 0.15) is 65.2 Å². The van der Waals surface area contributed by atoms with Crippen molar-refractivity contribution in [3.05, 3.63) is 12.7 Å². The fourth-order valence-electron chi connectivity index (χ4n) is 1.52. The zero-order chi connectivity index (χ0) is 9.94.